The molecule has 0 aliphatic rings. The summed E-state index contributed by atoms with van der Waals surface area (Å²) in [5.74, 6) is 0.259. The molecular formula is C23H23BrN2O6. The molecule has 0 spiro atoms. The molecular weight excluding hydrogens is 480 g/mol. The predicted octanol–water partition coefficient (Wildman–Crippen LogP) is 4.34. The standard InChI is InChI=1S/C23H23BrN2O6/c1-4-30-18-8-6-17(7-9-18)26-23(28)16(13-25)10-15-11-20(31-5-2)21(12-19(15)24)32-14-22(27)29-3/h6-12H,4-5,14H2,1-3H3,(H,26,28)/b16-10+. The predicted molar refractivity (Wildman–Crippen MR) is 123 cm³/mol. The van der Waals surface area contributed by atoms with Gasteiger partial charge in [0.2, 0.25) is 0 Å². The zero-order valence-electron chi connectivity index (χ0n) is 17.9. The van der Waals surface area contributed by atoms with E-state index in [1.54, 1.807) is 43.3 Å². The molecule has 0 aliphatic carbocycles. The molecule has 0 unspecified atom stereocenters. The van der Waals surface area contributed by atoms with Gasteiger partial charge in [-0.1, -0.05) is 15.9 Å². The van der Waals surface area contributed by atoms with Crippen LogP contribution in [0.5, 0.6) is 17.2 Å². The van der Waals surface area contributed by atoms with E-state index in [0.717, 1.165) is 0 Å². The Labute approximate surface area is 194 Å². The van der Waals surface area contributed by atoms with Gasteiger partial charge in [0.25, 0.3) is 5.91 Å². The maximum Gasteiger partial charge on any atom is 0.343 e. The number of carbonyl (C=O) groups is 2. The second-order valence-corrected chi connectivity index (χ2v) is 7.05. The number of methoxy groups -OCH3 is 1. The fraction of sp³-hybridized carbons (Fsp3) is 0.261. The number of nitriles is 1. The molecule has 8 nitrogen and oxygen atoms in total. The molecule has 0 heterocycles. The van der Waals surface area contributed by atoms with Crippen LogP contribution in [-0.2, 0) is 14.3 Å². The third kappa shape index (κ3) is 7.03. The Morgan fingerprint density at radius 1 is 1.06 bits per heavy atom. The van der Waals surface area contributed by atoms with Crippen molar-refractivity contribution in [2.45, 2.75) is 13.8 Å². The summed E-state index contributed by atoms with van der Waals surface area (Å²) in [7, 11) is 1.26. The van der Waals surface area contributed by atoms with Crippen LogP contribution in [0.15, 0.2) is 46.4 Å². The topological polar surface area (TPSA) is 107 Å². The summed E-state index contributed by atoms with van der Waals surface area (Å²) in [6.07, 6.45) is 1.43. The largest absolute Gasteiger partial charge is 0.494 e. The fourth-order valence-corrected chi connectivity index (χ4v) is 2.98. The molecule has 32 heavy (non-hydrogen) atoms. The zero-order chi connectivity index (χ0) is 23.5. The summed E-state index contributed by atoms with van der Waals surface area (Å²) in [4.78, 5) is 24.0. The number of nitrogens with one attached hydrogen (secondary N) is 1. The monoisotopic (exact) mass is 502 g/mol. The molecule has 0 aliphatic heterocycles. The summed E-state index contributed by atoms with van der Waals surface area (Å²) in [6, 6.07) is 12.0. The Bertz CT molecular complexity index is 1030. The molecule has 2 aromatic carbocycles. The second-order valence-electron chi connectivity index (χ2n) is 6.20. The number of hydrogen-bond donors (Lipinski definition) is 1. The first-order valence-electron chi connectivity index (χ1n) is 9.73. The SMILES string of the molecule is CCOc1ccc(NC(=O)/C(C#N)=C/c2cc(OCC)c(OCC(=O)OC)cc2Br)cc1. The number of rotatable bonds is 10. The van der Waals surface area contributed by atoms with Crippen LogP contribution in [0.2, 0.25) is 0 Å². The van der Waals surface area contributed by atoms with Gasteiger partial charge in [0.15, 0.2) is 18.1 Å². The highest BCUT2D eigenvalue weighted by Gasteiger charge is 2.15. The van der Waals surface area contributed by atoms with E-state index < -0.39 is 11.9 Å². The molecule has 0 saturated heterocycles. The maximum atomic E-state index is 12.6. The first-order chi connectivity index (χ1) is 15.4. The molecule has 0 saturated carbocycles. The summed E-state index contributed by atoms with van der Waals surface area (Å²) < 4.78 is 21.5. The normalized spacial score (nSPS) is 10.7. The van der Waals surface area contributed by atoms with E-state index in [1.165, 1.54) is 13.2 Å². The van der Waals surface area contributed by atoms with Crippen molar-refractivity contribution in [3.63, 3.8) is 0 Å². The molecule has 0 bridgehead atoms. The van der Waals surface area contributed by atoms with Gasteiger partial charge in [-0.3, -0.25) is 4.79 Å². The van der Waals surface area contributed by atoms with Gasteiger partial charge in [-0.15, -0.1) is 0 Å². The quantitative estimate of drug-likeness (QED) is 0.292. The average molecular weight is 503 g/mol. The van der Waals surface area contributed by atoms with Gasteiger partial charge in [0, 0.05) is 10.2 Å². The van der Waals surface area contributed by atoms with Crippen molar-refractivity contribution < 1.29 is 28.5 Å². The molecule has 9 heteroatoms. The molecule has 168 valence electrons. The third-order valence-electron chi connectivity index (χ3n) is 4.02. The number of nitrogens with zero attached hydrogens (tertiary/aromatic N) is 1. The lowest BCUT2D eigenvalue weighted by Crippen LogP contribution is -2.14. The highest BCUT2D eigenvalue weighted by molar-refractivity contribution is 9.10. The van der Waals surface area contributed by atoms with Crippen LogP contribution < -0.4 is 19.5 Å². The number of benzene rings is 2. The minimum Gasteiger partial charge on any atom is -0.494 e. The Morgan fingerprint density at radius 3 is 2.31 bits per heavy atom. The van der Waals surface area contributed by atoms with E-state index in [2.05, 4.69) is 26.0 Å². The van der Waals surface area contributed by atoms with Gasteiger partial charge >= 0.3 is 5.97 Å². The summed E-state index contributed by atoms with van der Waals surface area (Å²) >= 11 is 3.40. The third-order valence-corrected chi connectivity index (χ3v) is 4.71. The van der Waals surface area contributed by atoms with E-state index >= 15 is 0 Å². The van der Waals surface area contributed by atoms with Crippen LogP contribution in [0.4, 0.5) is 5.69 Å². The molecule has 0 fully saturated rings. The zero-order valence-corrected chi connectivity index (χ0v) is 19.5. The second kappa shape index (κ2) is 12.4. The van der Waals surface area contributed by atoms with Crippen LogP contribution in [0.25, 0.3) is 6.08 Å². The van der Waals surface area contributed by atoms with Gasteiger partial charge in [-0.25, -0.2) is 4.79 Å². The number of ether oxygens (including phenoxy) is 4. The number of carbonyl (C=O) groups excluding carboxylic acids is 2. The average Bonchev–Trinajstić information content (AvgIpc) is 2.79. The molecule has 1 N–H and O–H groups in total. The Kier molecular flexibility index (Phi) is 9.57. The fourth-order valence-electron chi connectivity index (χ4n) is 2.54. The highest BCUT2D eigenvalue weighted by atomic mass is 79.9. The Hall–Kier alpha value is -3.51. The molecule has 0 radical (unpaired) electrons. The van der Waals surface area contributed by atoms with Crippen molar-refractivity contribution in [2.75, 3.05) is 32.2 Å². The van der Waals surface area contributed by atoms with Gasteiger partial charge in [-0.2, -0.15) is 5.26 Å². The van der Waals surface area contributed by atoms with Gasteiger partial charge in [0.1, 0.15) is 17.4 Å². The van der Waals surface area contributed by atoms with Crippen LogP contribution in [-0.4, -0.2) is 38.8 Å². The lowest BCUT2D eigenvalue weighted by atomic mass is 10.1. The maximum absolute atomic E-state index is 12.6. The molecule has 0 aromatic heterocycles. The number of anilines is 1. The summed E-state index contributed by atoms with van der Waals surface area (Å²) in [6.45, 7) is 4.28. The van der Waals surface area contributed by atoms with E-state index in [1.807, 2.05) is 13.0 Å². The van der Waals surface area contributed by atoms with Crippen molar-refractivity contribution in [3.05, 3.63) is 52.0 Å². The van der Waals surface area contributed by atoms with Crippen LogP contribution in [0, 0.1) is 11.3 Å². The van der Waals surface area contributed by atoms with E-state index in [4.69, 9.17) is 14.2 Å². The number of halogens is 1. The van der Waals surface area contributed by atoms with Gasteiger partial charge in [-0.05, 0) is 61.9 Å². The van der Waals surface area contributed by atoms with Crippen LogP contribution >= 0.6 is 15.9 Å². The number of hydrogen-bond acceptors (Lipinski definition) is 7. The Morgan fingerprint density at radius 2 is 1.72 bits per heavy atom. The lowest BCUT2D eigenvalue weighted by molar-refractivity contribution is -0.142. The lowest BCUT2D eigenvalue weighted by Gasteiger charge is -2.13. The minimum absolute atomic E-state index is 0.106. The van der Waals surface area contributed by atoms with E-state index in [0.29, 0.717) is 46.2 Å². The van der Waals surface area contributed by atoms with Gasteiger partial charge in [0.05, 0.1) is 20.3 Å². The smallest absolute Gasteiger partial charge is 0.343 e. The van der Waals surface area contributed by atoms with E-state index in [9.17, 15) is 14.9 Å². The Balaban J connectivity index is 2.26. The van der Waals surface area contributed by atoms with Crippen molar-refractivity contribution in [2.24, 2.45) is 0 Å². The minimum atomic E-state index is -0.562. The number of esters is 1. The van der Waals surface area contributed by atoms with Crippen molar-refractivity contribution in [1.29, 1.82) is 5.26 Å². The summed E-state index contributed by atoms with van der Waals surface area (Å²) in [5.41, 5.74) is 0.947. The molecule has 2 rings (SSSR count). The van der Waals surface area contributed by atoms with Crippen molar-refractivity contribution in [1.82, 2.24) is 0 Å². The highest BCUT2D eigenvalue weighted by Crippen LogP contribution is 2.35. The van der Waals surface area contributed by atoms with Crippen molar-refractivity contribution in [3.8, 4) is 23.3 Å². The van der Waals surface area contributed by atoms with Crippen molar-refractivity contribution >= 4 is 39.6 Å². The van der Waals surface area contributed by atoms with Gasteiger partial charge < -0.3 is 24.3 Å². The van der Waals surface area contributed by atoms with Crippen LogP contribution in [0.1, 0.15) is 19.4 Å². The number of amides is 1. The van der Waals surface area contributed by atoms with Crippen LogP contribution in [0.3, 0.4) is 0 Å². The molecule has 0 atom stereocenters. The molecule has 2 aromatic rings. The first-order valence-corrected chi connectivity index (χ1v) is 10.5. The first kappa shape index (κ1) is 24.8. The summed E-state index contributed by atoms with van der Waals surface area (Å²) in [5, 5.41) is 12.2. The van der Waals surface area contributed by atoms with E-state index in [-0.39, 0.29) is 12.2 Å². The molecule has 1 amide bonds.